The Kier molecular flexibility index (Phi) is 5.09. The first-order valence-corrected chi connectivity index (χ1v) is 6.42. The lowest BCUT2D eigenvalue weighted by atomic mass is 9.99. The number of rotatable bonds is 5. The van der Waals surface area contributed by atoms with Crippen molar-refractivity contribution in [1.82, 2.24) is 4.90 Å². The van der Waals surface area contributed by atoms with Crippen molar-refractivity contribution in [2.24, 2.45) is 5.73 Å². The smallest absolute Gasteiger partial charge is 0.0870 e. The number of nitrogens with two attached hydrogens (primary N) is 1. The van der Waals surface area contributed by atoms with E-state index in [2.05, 4.69) is 44.7 Å². The molecule has 0 saturated heterocycles. The highest BCUT2D eigenvalue weighted by molar-refractivity contribution is 7.80. The second-order valence-corrected chi connectivity index (χ2v) is 5.17. The van der Waals surface area contributed by atoms with Gasteiger partial charge in [-0.05, 0) is 44.0 Å². The van der Waals surface area contributed by atoms with Gasteiger partial charge in [-0.2, -0.15) is 0 Å². The molecule has 0 aromatic heterocycles. The molecule has 0 saturated carbocycles. The van der Waals surface area contributed by atoms with Crippen molar-refractivity contribution in [3.05, 3.63) is 34.4 Å². The molecule has 0 amide bonds. The summed E-state index contributed by atoms with van der Waals surface area (Å²) in [6.07, 6.45) is 0. The van der Waals surface area contributed by atoms with E-state index in [1.54, 1.807) is 0 Å². The fourth-order valence-corrected chi connectivity index (χ4v) is 2.37. The number of thiocarbonyl (C=S) groups is 1. The Morgan fingerprint density at radius 1 is 1.24 bits per heavy atom. The van der Waals surface area contributed by atoms with E-state index in [9.17, 15) is 0 Å². The standard InChI is InChI=1S/C14H22N2S/c1-5-16(9-14(15)17)8-13-11(3)6-10(2)7-12(13)4/h6-7H,5,8-9H2,1-4H3,(H2,15,17). The van der Waals surface area contributed by atoms with Gasteiger partial charge in [0.05, 0.1) is 4.99 Å². The maximum Gasteiger partial charge on any atom is 0.0870 e. The molecule has 0 radical (unpaired) electrons. The fourth-order valence-electron chi connectivity index (χ4n) is 2.18. The van der Waals surface area contributed by atoms with Gasteiger partial charge < -0.3 is 5.73 Å². The Balaban J connectivity index is 2.89. The summed E-state index contributed by atoms with van der Waals surface area (Å²) in [5.74, 6) is 0. The molecule has 0 fully saturated rings. The van der Waals surface area contributed by atoms with Crippen LogP contribution in [0.15, 0.2) is 12.1 Å². The van der Waals surface area contributed by atoms with Gasteiger partial charge in [0, 0.05) is 13.1 Å². The van der Waals surface area contributed by atoms with Crippen molar-refractivity contribution in [2.75, 3.05) is 13.1 Å². The predicted octanol–water partition coefficient (Wildman–Crippen LogP) is 2.72. The number of hydrogen-bond acceptors (Lipinski definition) is 2. The van der Waals surface area contributed by atoms with Crippen molar-refractivity contribution >= 4 is 17.2 Å². The maximum absolute atomic E-state index is 5.61. The Bertz CT molecular complexity index is 390. The number of nitrogens with zero attached hydrogens (tertiary/aromatic N) is 1. The van der Waals surface area contributed by atoms with Gasteiger partial charge in [-0.15, -0.1) is 0 Å². The monoisotopic (exact) mass is 250 g/mol. The molecule has 2 N–H and O–H groups in total. The molecular formula is C14H22N2S. The average Bonchev–Trinajstić information content (AvgIpc) is 2.20. The van der Waals surface area contributed by atoms with Crippen molar-refractivity contribution in [3.63, 3.8) is 0 Å². The number of aryl methyl sites for hydroxylation is 3. The molecule has 17 heavy (non-hydrogen) atoms. The molecule has 3 heteroatoms. The Morgan fingerprint density at radius 2 is 1.76 bits per heavy atom. The van der Waals surface area contributed by atoms with Gasteiger partial charge in [0.2, 0.25) is 0 Å². The summed E-state index contributed by atoms with van der Waals surface area (Å²) < 4.78 is 0. The highest BCUT2D eigenvalue weighted by Crippen LogP contribution is 2.18. The Morgan fingerprint density at radius 3 is 2.18 bits per heavy atom. The van der Waals surface area contributed by atoms with Crippen molar-refractivity contribution in [1.29, 1.82) is 0 Å². The Labute approximate surface area is 110 Å². The predicted molar refractivity (Wildman–Crippen MR) is 78.4 cm³/mol. The summed E-state index contributed by atoms with van der Waals surface area (Å²) in [5, 5.41) is 0. The van der Waals surface area contributed by atoms with Crippen LogP contribution in [-0.4, -0.2) is 23.0 Å². The SMILES string of the molecule is CCN(CC(N)=S)Cc1c(C)cc(C)cc1C. The summed E-state index contributed by atoms with van der Waals surface area (Å²) in [6, 6.07) is 4.47. The van der Waals surface area contributed by atoms with Crippen LogP contribution in [-0.2, 0) is 6.54 Å². The summed E-state index contributed by atoms with van der Waals surface area (Å²) in [4.78, 5) is 2.83. The first-order valence-electron chi connectivity index (χ1n) is 6.01. The third-order valence-corrected chi connectivity index (χ3v) is 3.18. The van der Waals surface area contributed by atoms with E-state index in [0.29, 0.717) is 11.5 Å². The van der Waals surface area contributed by atoms with E-state index in [-0.39, 0.29) is 0 Å². The molecule has 0 aliphatic rings. The summed E-state index contributed by atoms with van der Waals surface area (Å²) >= 11 is 4.98. The van der Waals surface area contributed by atoms with E-state index in [0.717, 1.165) is 13.1 Å². The minimum Gasteiger partial charge on any atom is -0.392 e. The molecule has 1 aromatic carbocycles. The van der Waals surface area contributed by atoms with Crippen molar-refractivity contribution in [3.8, 4) is 0 Å². The van der Waals surface area contributed by atoms with Gasteiger partial charge in [0.1, 0.15) is 0 Å². The normalized spacial score (nSPS) is 10.9. The molecule has 1 rings (SSSR count). The van der Waals surface area contributed by atoms with E-state index < -0.39 is 0 Å². The van der Waals surface area contributed by atoms with Crippen molar-refractivity contribution in [2.45, 2.75) is 34.2 Å². The van der Waals surface area contributed by atoms with Crippen molar-refractivity contribution < 1.29 is 0 Å². The lowest BCUT2D eigenvalue weighted by molar-refractivity contribution is 0.320. The molecule has 0 aliphatic heterocycles. The summed E-state index contributed by atoms with van der Waals surface area (Å²) in [6.45, 7) is 11.2. The van der Waals surface area contributed by atoms with Crippen LogP contribution in [0, 0.1) is 20.8 Å². The Hall–Kier alpha value is -0.930. The number of likely N-dealkylation sites (N-methyl/N-ethyl adjacent to an activating group) is 1. The lowest BCUT2D eigenvalue weighted by Crippen LogP contribution is -2.32. The summed E-state index contributed by atoms with van der Waals surface area (Å²) in [5.41, 5.74) is 11.0. The zero-order valence-corrected chi connectivity index (χ0v) is 12.0. The number of hydrogen-bond donors (Lipinski definition) is 1. The molecular weight excluding hydrogens is 228 g/mol. The molecule has 0 bridgehead atoms. The lowest BCUT2D eigenvalue weighted by Gasteiger charge is -2.22. The van der Waals surface area contributed by atoms with Gasteiger partial charge in [-0.25, -0.2) is 0 Å². The zero-order valence-electron chi connectivity index (χ0n) is 11.2. The third kappa shape index (κ3) is 4.10. The van der Waals surface area contributed by atoms with Crippen LogP contribution in [0.4, 0.5) is 0 Å². The van der Waals surface area contributed by atoms with Crippen LogP contribution < -0.4 is 5.73 Å². The van der Waals surface area contributed by atoms with Gasteiger partial charge >= 0.3 is 0 Å². The van der Waals surface area contributed by atoms with Crippen LogP contribution in [0.5, 0.6) is 0 Å². The topological polar surface area (TPSA) is 29.3 Å². The van der Waals surface area contributed by atoms with Crippen LogP contribution in [0.2, 0.25) is 0 Å². The summed E-state index contributed by atoms with van der Waals surface area (Å²) in [7, 11) is 0. The van der Waals surface area contributed by atoms with Gasteiger partial charge in [0.15, 0.2) is 0 Å². The largest absolute Gasteiger partial charge is 0.392 e. The average molecular weight is 250 g/mol. The molecule has 0 aliphatic carbocycles. The van der Waals surface area contributed by atoms with Crippen LogP contribution in [0.25, 0.3) is 0 Å². The minimum absolute atomic E-state index is 0.564. The fraction of sp³-hybridized carbons (Fsp3) is 0.500. The van der Waals surface area contributed by atoms with Gasteiger partial charge in [0.25, 0.3) is 0 Å². The van der Waals surface area contributed by atoms with Crippen LogP contribution in [0.1, 0.15) is 29.2 Å². The molecule has 2 nitrogen and oxygen atoms in total. The second kappa shape index (κ2) is 6.12. The van der Waals surface area contributed by atoms with E-state index >= 15 is 0 Å². The zero-order chi connectivity index (χ0) is 13.0. The quantitative estimate of drug-likeness (QED) is 0.815. The van der Waals surface area contributed by atoms with Gasteiger partial charge in [-0.3, -0.25) is 4.90 Å². The van der Waals surface area contributed by atoms with E-state index in [4.69, 9.17) is 18.0 Å². The minimum atomic E-state index is 0.564. The van der Waals surface area contributed by atoms with Crippen LogP contribution in [0.3, 0.4) is 0 Å². The first-order chi connectivity index (χ1) is 7.93. The molecule has 94 valence electrons. The molecule has 0 spiro atoms. The number of benzene rings is 1. The van der Waals surface area contributed by atoms with E-state index in [1.807, 2.05) is 0 Å². The highest BCUT2D eigenvalue weighted by Gasteiger charge is 2.09. The molecule has 1 aromatic rings. The third-order valence-electron chi connectivity index (χ3n) is 3.05. The highest BCUT2D eigenvalue weighted by atomic mass is 32.1. The van der Waals surface area contributed by atoms with Gasteiger partial charge in [-0.1, -0.05) is 36.8 Å². The van der Waals surface area contributed by atoms with E-state index in [1.165, 1.54) is 22.3 Å². The molecule has 0 unspecified atom stereocenters. The molecule has 0 heterocycles. The first kappa shape index (κ1) is 14.1. The second-order valence-electron chi connectivity index (χ2n) is 4.65. The van der Waals surface area contributed by atoms with Crippen LogP contribution >= 0.6 is 12.2 Å². The maximum atomic E-state index is 5.61. The molecule has 0 atom stereocenters.